The number of nitro benzene ring substituents is 1. The van der Waals surface area contributed by atoms with Crippen LogP contribution in [0.2, 0.25) is 5.02 Å². The number of anilines is 1. The quantitative estimate of drug-likeness (QED) is 0.417. The van der Waals surface area contributed by atoms with E-state index in [0.717, 1.165) is 5.56 Å². The third kappa shape index (κ3) is 4.49. The minimum Gasteiger partial charge on any atom is -0.457 e. The number of aryl methyl sites for hydroxylation is 2. The molecule has 8 nitrogen and oxygen atoms in total. The monoisotopic (exact) mass is 464 g/mol. The second-order valence-electron chi connectivity index (χ2n) is 5.94. The van der Waals surface area contributed by atoms with Crippen molar-refractivity contribution in [2.24, 2.45) is 7.05 Å². The molecule has 1 amide bonds. The van der Waals surface area contributed by atoms with Crippen molar-refractivity contribution in [1.29, 1.82) is 0 Å². The van der Waals surface area contributed by atoms with E-state index in [9.17, 15) is 14.9 Å². The van der Waals surface area contributed by atoms with Crippen molar-refractivity contribution in [3.8, 4) is 11.5 Å². The van der Waals surface area contributed by atoms with Gasteiger partial charge in [0.25, 0.3) is 11.6 Å². The van der Waals surface area contributed by atoms with Gasteiger partial charge in [-0.3, -0.25) is 19.6 Å². The van der Waals surface area contributed by atoms with Gasteiger partial charge in [0.1, 0.15) is 11.5 Å². The zero-order chi connectivity index (χ0) is 20.4. The van der Waals surface area contributed by atoms with Crippen molar-refractivity contribution < 1.29 is 14.5 Å². The number of ether oxygens (including phenoxy) is 1. The molecular formula is C18H14BrClN4O4. The van der Waals surface area contributed by atoms with Gasteiger partial charge in [-0.05, 0) is 46.6 Å². The Hall–Kier alpha value is -2.91. The minimum absolute atomic E-state index is 0.157. The molecule has 3 aromatic rings. The highest BCUT2D eigenvalue weighted by Crippen LogP contribution is 2.31. The molecule has 144 valence electrons. The summed E-state index contributed by atoms with van der Waals surface area (Å²) in [5, 5.41) is 18.5. The molecule has 0 fully saturated rings. The molecule has 0 atom stereocenters. The molecule has 0 aliphatic carbocycles. The summed E-state index contributed by atoms with van der Waals surface area (Å²) < 4.78 is 7.70. The van der Waals surface area contributed by atoms with Crippen LogP contribution in [-0.4, -0.2) is 20.6 Å². The molecule has 0 saturated carbocycles. The first-order valence-corrected chi connectivity index (χ1v) is 9.14. The summed E-state index contributed by atoms with van der Waals surface area (Å²) in [6.07, 6.45) is 1.62. The SMILES string of the molecule is Cc1cc(Oc2cc(NC(=O)c3nn(C)cc3Br)cc([N+](=O)[O-])c2)ccc1Cl. The number of rotatable bonds is 5. The van der Waals surface area contributed by atoms with Crippen molar-refractivity contribution in [2.75, 3.05) is 5.32 Å². The first-order valence-electron chi connectivity index (χ1n) is 7.97. The van der Waals surface area contributed by atoms with E-state index in [2.05, 4.69) is 26.3 Å². The first kappa shape index (κ1) is 19.8. The molecule has 1 N–H and O–H groups in total. The summed E-state index contributed by atoms with van der Waals surface area (Å²) in [6, 6.07) is 9.05. The van der Waals surface area contributed by atoms with Crippen LogP contribution in [0, 0.1) is 17.0 Å². The molecule has 0 aliphatic rings. The third-order valence-electron chi connectivity index (χ3n) is 3.72. The van der Waals surface area contributed by atoms with Gasteiger partial charge in [0.05, 0.1) is 21.1 Å². The second-order valence-corrected chi connectivity index (χ2v) is 7.20. The maximum absolute atomic E-state index is 12.4. The number of halogens is 2. The lowest BCUT2D eigenvalue weighted by Gasteiger charge is -2.10. The average molecular weight is 466 g/mol. The summed E-state index contributed by atoms with van der Waals surface area (Å²) in [7, 11) is 1.68. The summed E-state index contributed by atoms with van der Waals surface area (Å²) in [5.74, 6) is 0.153. The van der Waals surface area contributed by atoms with Gasteiger partial charge in [-0.1, -0.05) is 11.6 Å². The van der Waals surface area contributed by atoms with Crippen LogP contribution in [0.4, 0.5) is 11.4 Å². The number of aromatic nitrogens is 2. The number of amides is 1. The van der Waals surface area contributed by atoms with E-state index in [1.807, 2.05) is 6.92 Å². The summed E-state index contributed by atoms with van der Waals surface area (Å²) >= 11 is 9.25. The highest BCUT2D eigenvalue weighted by atomic mass is 79.9. The van der Waals surface area contributed by atoms with Crippen molar-refractivity contribution >= 4 is 44.8 Å². The van der Waals surface area contributed by atoms with E-state index in [0.29, 0.717) is 15.2 Å². The van der Waals surface area contributed by atoms with Crippen LogP contribution >= 0.6 is 27.5 Å². The maximum Gasteiger partial charge on any atom is 0.277 e. The van der Waals surface area contributed by atoms with Crippen LogP contribution in [-0.2, 0) is 7.05 Å². The highest BCUT2D eigenvalue weighted by Gasteiger charge is 2.17. The molecule has 0 unspecified atom stereocenters. The molecule has 0 saturated heterocycles. The van der Waals surface area contributed by atoms with Crippen LogP contribution < -0.4 is 10.1 Å². The number of non-ortho nitro benzene ring substituents is 1. The molecule has 1 aromatic heterocycles. The maximum atomic E-state index is 12.4. The standard InChI is InChI=1S/C18H14BrClN4O4/c1-10-5-13(3-4-16(10)20)28-14-7-11(6-12(8-14)24(26)27)21-18(25)17-15(19)9-23(2)22-17/h3-9H,1-2H3,(H,21,25). The second kappa shape index (κ2) is 7.99. The Morgan fingerprint density at radius 1 is 1.29 bits per heavy atom. The molecule has 28 heavy (non-hydrogen) atoms. The van der Waals surface area contributed by atoms with E-state index in [-0.39, 0.29) is 22.8 Å². The molecule has 0 bridgehead atoms. The van der Waals surface area contributed by atoms with Crippen LogP contribution in [0.15, 0.2) is 47.1 Å². The number of benzene rings is 2. The van der Waals surface area contributed by atoms with Crippen molar-refractivity contribution in [2.45, 2.75) is 6.92 Å². The van der Waals surface area contributed by atoms with E-state index >= 15 is 0 Å². The number of hydrogen-bond acceptors (Lipinski definition) is 5. The fourth-order valence-corrected chi connectivity index (χ4v) is 3.11. The van der Waals surface area contributed by atoms with Gasteiger partial charge in [0.15, 0.2) is 5.69 Å². The summed E-state index contributed by atoms with van der Waals surface area (Å²) in [5.41, 5.74) is 0.943. The zero-order valence-electron chi connectivity index (χ0n) is 14.8. The van der Waals surface area contributed by atoms with Gasteiger partial charge in [-0.25, -0.2) is 0 Å². The van der Waals surface area contributed by atoms with E-state index < -0.39 is 10.8 Å². The van der Waals surface area contributed by atoms with Crippen LogP contribution in [0.5, 0.6) is 11.5 Å². The lowest BCUT2D eigenvalue weighted by atomic mass is 10.2. The molecular weight excluding hydrogens is 452 g/mol. The van der Waals surface area contributed by atoms with Gasteiger partial charge in [0, 0.05) is 30.4 Å². The fraction of sp³-hybridized carbons (Fsp3) is 0.111. The highest BCUT2D eigenvalue weighted by molar-refractivity contribution is 9.10. The van der Waals surface area contributed by atoms with Crippen LogP contribution in [0.25, 0.3) is 0 Å². The Labute approximate surface area is 173 Å². The van der Waals surface area contributed by atoms with Crippen molar-refractivity contribution in [3.63, 3.8) is 0 Å². The van der Waals surface area contributed by atoms with Crippen LogP contribution in [0.3, 0.4) is 0 Å². The molecule has 3 rings (SSSR count). The average Bonchev–Trinajstić information content (AvgIpc) is 2.96. The number of carbonyl (C=O) groups is 1. The Morgan fingerprint density at radius 2 is 2.04 bits per heavy atom. The number of nitrogens with zero attached hydrogens (tertiary/aromatic N) is 3. The van der Waals surface area contributed by atoms with Gasteiger partial charge in [-0.15, -0.1) is 0 Å². The fourth-order valence-electron chi connectivity index (χ4n) is 2.44. The summed E-state index contributed by atoms with van der Waals surface area (Å²) in [6.45, 7) is 1.82. The Kier molecular flexibility index (Phi) is 5.66. The van der Waals surface area contributed by atoms with E-state index in [1.165, 1.54) is 22.9 Å². The predicted octanol–water partition coefficient (Wildman–Crippen LogP) is 5.10. The Bertz CT molecular complexity index is 1080. The predicted molar refractivity (Wildman–Crippen MR) is 108 cm³/mol. The van der Waals surface area contributed by atoms with Gasteiger partial charge >= 0.3 is 0 Å². The van der Waals surface area contributed by atoms with E-state index in [4.69, 9.17) is 16.3 Å². The van der Waals surface area contributed by atoms with Crippen molar-refractivity contribution in [1.82, 2.24) is 9.78 Å². The van der Waals surface area contributed by atoms with Gasteiger partial charge in [-0.2, -0.15) is 5.10 Å². The molecule has 0 aliphatic heterocycles. The number of nitrogens with one attached hydrogen (secondary N) is 1. The molecule has 0 spiro atoms. The Morgan fingerprint density at radius 3 is 2.64 bits per heavy atom. The number of nitro groups is 1. The topological polar surface area (TPSA) is 99.3 Å². The largest absolute Gasteiger partial charge is 0.457 e. The minimum atomic E-state index is -0.563. The Balaban J connectivity index is 1.90. The third-order valence-corrected chi connectivity index (χ3v) is 4.73. The first-order chi connectivity index (χ1) is 13.2. The summed E-state index contributed by atoms with van der Waals surface area (Å²) in [4.78, 5) is 23.1. The van der Waals surface area contributed by atoms with E-state index in [1.54, 1.807) is 31.4 Å². The van der Waals surface area contributed by atoms with Crippen LogP contribution in [0.1, 0.15) is 16.1 Å². The molecule has 10 heteroatoms. The lowest BCUT2D eigenvalue weighted by molar-refractivity contribution is -0.384. The van der Waals surface area contributed by atoms with Gasteiger partial charge in [0.2, 0.25) is 0 Å². The number of carbonyl (C=O) groups excluding carboxylic acids is 1. The zero-order valence-corrected chi connectivity index (χ0v) is 17.1. The molecule has 1 heterocycles. The number of hydrogen-bond donors (Lipinski definition) is 1. The normalized spacial score (nSPS) is 10.6. The lowest BCUT2D eigenvalue weighted by Crippen LogP contribution is -2.13. The van der Waals surface area contributed by atoms with Crippen molar-refractivity contribution in [3.05, 3.63) is 73.5 Å². The smallest absolute Gasteiger partial charge is 0.277 e. The van der Waals surface area contributed by atoms with Gasteiger partial charge < -0.3 is 10.1 Å². The molecule has 2 aromatic carbocycles. The molecule has 0 radical (unpaired) electrons.